The van der Waals surface area contributed by atoms with Gasteiger partial charge in [-0.15, -0.1) is 0 Å². The van der Waals surface area contributed by atoms with E-state index >= 15 is 0 Å². The Labute approximate surface area is 54.8 Å². The Balaban J connectivity index is 1.86. The standard InChI is InChI=1S/C7H12O2/c8-4-6-2-1-5-3-7(5)9-6/h5-8H,1-4H2. The molecule has 3 unspecified atom stereocenters. The van der Waals surface area contributed by atoms with Crippen LogP contribution in [0, 0.1) is 5.92 Å². The molecule has 1 saturated heterocycles. The average Bonchev–Trinajstić information content (AvgIpc) is 2.64. The van der Waals surface area contributed by atoms with Gasteiger partial charge in [-0.05, 0) is 25.2 Å². The molecule has 3 atom stereocenters. The van der Waals surface area contributed by atoms with Crippen molar-refractivity contribution < 1.29 is 9.84 Å². The summed E-state index contributed by atoms with van der Waals surface area (Å²) in [5, 5.41) is 8.70. The largest absolute Gasteiger partial charge is 0.394 e. The maximum Gasteiger partial charge on any atom is 0.0809 e. The Morgan fingerprint density at radius 1 is 1.44 bits per heavy atom. The van der Waals surface area contributed by atoms with Crippen LogP contribution in [0.1, 0.15) is 19.3 Å². The van der Waals surface area contributed by atoms with Gasteiger partial charge in [0.1, 0.15) is 0 Å². The lowest BCUT2D eigenvalue weighted by atomic mass is 10.1. The third-order valence-corrected chi connectivity index (χ3v) is 2.29. The molecule has 2 heteroatoms. The number of fused-ring (bicyclic) bond motifs is 1. The Morgan fingerprint density at radius 2 is 2.33 bits per heavy atom. The number of aliphatic hydroxyl groups excluding tert-OH is 1. The van der Waals surface area contributed by atoms with Crippen LogP contribution in [-0.4, -0.2) is 23.9 Å². The lowest BCUT2D eigenvalue weighted by Gasteiger charge is -2.19. The minimum atomic E-state index is 0.161. The summed E-state index contributed by atoms with van der Waals surface area (Å²) in [6.45, 7) is 0.212. The number of ether oxygens (including phenoxy) is 1. The van der Waals surface area contributed by atoms with Gasteiger partial charge in [-0.1, -0.05) is 0 Å². The Hall–Kier alpha value is -0.0800. The molecule has 1 saturated carbocycles. The fourth-order valence-electron chi connectivity index (χ4n) is 1.54. The second-order valence-corrected chi connectivity index (χ2v) is 3.05. The maximum atomic E-state index is 8.70. The van der Waals surface area contributed by atoms with E-state index < -0.39 is 0 Å². The zero-order valence-electron chi connectivity index (χ0n) is 5.42. The predicted molar refractivity (Wildman–Crippen MR) is 33.1 cm³/mol. The van der Waals surface area contributed by atoms with Crippen molar-refractivity contribution in [2.45, 2.75) is 31.5 Å². The zero-order chi connectivity index (χ0) is 6.27. The first-order chi connectivity index (χ1) is 4.40. The SMILES string of the molecule is OCC1CCC2CC2O1. The molecule has 0 spiro atoms. The molecule has 1 heterocycles. The lowest BCUT2D eigenvalue weighted by Crippen LogP contribution is -2.23. The molecule has 2 rings (SSSR count). The van der Waals surface area contributed by atoms with Crippen molar-refractivity contribution in [3.05, 3.63) is 0 Å². The minimum absolute atomic E-state index is 0.161. The predicted octanol–water partition coefficient (Wildman–Crippen LogP) is 0.546. The lowest BCUT2D eigenvalue weighted by molar-refractivity contribution is -0.0289. The Bertz CT molecular complexity index is 113. The summed E-state index contributed by atoms with van der Waals surface area (Å²) in [4.78, 5) is 0. The van der Waals surface area contributed by atoms with Gasteiger partial charge in [0.25, 0.3) is 0 Å². The summed E-state index contributed by atoms with van der Waals surface area (Å²) < 4.78 is 5.46. The molecule has 2 aliphatic rings. The van der Waals surface area contributed by atoms with Crippen LogP contribution in [0.15, 0.2) is 0 Å². The molecule has 52 valence electrons. The fourth-order valence-corrected chi connectivity index (χ4v) is 1.54. The Morgan fingerprint density at radius 3 is 3.00 bits per heavy atom. The number of hydrogen-bond donors (Lipinski definition) is 1. The highest BCUT2D eigenvalue weighted by molar-refractivity contribution is 4.92. The molecule has 1 N–H and O–H groups in total. The van der Waals surface area contributed by atoms with E-state index in [1.807, 2.05) is 0 Å². The van der Waals surface area contributed by atoms with E-state index in [9.17, 15) is 0 Å². The van der Waals surface area contributed by atoms with Crippen molar-refractivity contribution in [1.29, 1.82) is 0 Å². The fraction of sp³-hybridized carbons (Fsp3) is 1.00. The number of aliphatic hydroxyl groups is 1. The van der Waals surface area contributed by atoms with Crippen LogP contribution in [0.4, 0.5) is 0 Å². The van der Waals surface area contributed by atoms with Crippen LogP contribution in [0.3, 0.4) is 0 Å². The van der Waals surface area contributed by atoms with Crippen LogP contribution in [-0.2, 0) is 4.74 Å². The topological polar surface area (TPSA) is 29.5 Å². The van der Waals surface area contributed by atoms with Crippen LogP contribution < -0.4 is 0 Å². The first kappa shape index (κ1) is 5.69. The highest BCUT2D eigenvalue weighted by atomic mass is 16.5. The highest BCUT2D eigenvalue weighted by Crippen LogP contribution is 2.42. The van der Waals surface area contributed by atoms with Gasteiger partial charge < -0.3 is 9.84 Å². The molecule has 2 nitrogen and oxygen atoms in total. The maximum absolute atomic E-state index is 8.70. The first-order valence-corrected chi connectivity index (χ1v) is 3.66. The minimum Gasteiger partial charge on any atom is -0.394 e. The molecule has 9 heavy (non-hydrogen) atoms. The third kappa shape index (κ3) is 0.970. The van der Waals surface area contributed by atoms with Crippen molar-refractivity contribution in [2.24, 2.45) is 5.92 Å². The molecule has 0 radical (unpaired) electrons. The number of rotatable bonds is 1. The third-order valence-electron chi connectivity index (χ3n) is 2.29. The quantitative estimate of drug-likeness (QED) is 0.558. The zero-order valence-corrected chi connectivity index (χ0v) is 5.42. The summed E-state index contributed by atoms with van der Waals surface area (Å²) in [5.74, 6) is 0.854. The Kier molecular flexibility index (Phi) is 1.24. The molecule has 0 aromatic rings. The summed E-state index contributed by atoms with van der Waals surface area (Å²) in [6, 6.07) is 0. The molecule has 1 aliphatic heterocycles. The van der Waals surface area contributed by atoms with E-state index in [4.69, 9.17) is 9.84 Å². The molecule has 1 aliphatic carbocycles. The van der Waals surface area contributed by atoms with E-state index in [0.717, 1.165) is 12.3 Å². The smallest absolute Gasteiger partial charge is 0.0809 e. The molecule has 0 amide bonds. The van der Waals surface area contributed by atoms with Crippen LogP contribution in [0.5, 0.6) is 0 Å². The van der Waals surface area contributed by atoms with Gasteiger partial charge in [0.15, 0.2) is 0 Å². The van der Waals surface area contributed by atoms with Gasteiger partial charge in [0.2, 0.25) is 0 Å². The van der Waals surface area contributed by atoms with Crippen molar-refractivity contribution in [3.8, 4) is 0 Å². The molecule has 0 aromatic heterocycles. The molecule has 2 fully saturated rings. The normalized spacial score (nSPS) is 48.3. The molecular weight excluding hydrogens is 116 g/mol. The van der Waals surface area contributed by atoms with Crippen LogP contribution >= 0.6 is 0 Å². The second-order valence-electron chi connectivity index (χ2n) is 3.05. The van der Waals surface area contributed by atoms with E-state index in [2.05, 4.69) is 0 Å². The van der Waals surface area contributed by atoms with E-state index in [-0.39, 0.29) is 12.7 Å². The van der Waals surface area contributed by atoms with E-state index in [1.54, 1.807) is 0 Å². The molecular formula is C7H12O2. The number of hydrogen-bond acceptors (Lipinski definition) is 2. The summed E-state index contributed by atoms with van der Waals surface area (Å²) in [7, 11) is 0. The van der Waals surface area contributed by atoms with E-state index in [1.165, 1.54) is 12.8 Å². The summed E-state index contributed by atoms with van der Waals surface area (Å²) in [5.41, 5.74) is 0. The van der Waals surface area contributed by atoms with Crippen molar-refractivity contribution in [3.63, 3.8) is 0 Å². The van der Waals surface area contributed by atoms with Gasteiger partial charge >= 0.3 is 0 Å². The van der Waals surface area contributed by atoms with Gasteiger partial charge in [-0.25, -0.2) is 0 Å². The van der Waals surface area contributed by atoms with Gasteiger partial charge in [0, 0.05) is 0 Å². The highest BCUT2D eigenvalue weighted by Gasteiger charge is 2.43. The molecule has 0 bridgehead atoms. The summed E-state index contributed by atoms with van der Waals surface area (Å²) in [6.07, 6.45) is 4.27. The second kappa shape index (κ2) is 1.96. The first-order valence-electron chi connectivity index (χ1n) is 3.66. The average molecular weight is 128 g/mol. The van der Waals surface area contributed by atoms with Crippen molar-refractivity contribution >= 4 is 0 Å². The summed E-state index contributed by atoms with van der Waals surface area (Å²) >= 11 is 0. The van der Waals surface area contributed by atoms with Gasteiger partial charge in [-0.3, -0.25) is 0 Å². The molecule has 0 aromatic carbocycles. The van der Waals surface area contributed by atoms with Gasteiger partial charge in [0.05, 0.1) is 18.8 Å². The van der Waals surface area contributed by atoms with E-state index in [0.29, 0.717) is 6.10 Å². The van der Waals surface area contributed by atoms with Crippen molar-refractivity contribution in [2.75, 3.05) is 6.61 Å². The monoisotopic (exact) mass is 128 g/mol. The van der Waals surface area contributed by atoms with Crippen LogP contribution in [0.2, 0.25) is 0 Å². The van der Waals surface area contributed by atoms with Gasteiger partial charge in [-0.2, -0.15) is 0 Å². The van der Waals surface area contributed by atoms with Crippen LogP contribution in [0.25, 0.3) is 0 Å². The van der Waals surface area contributed by atoms with Crippen molar-refractivity contribution in [1.82, 2.24) is 0 Å².